The number of anilines is 1. The van der Waals surface area contributed by atoms with Crippen LogP contribution in [0.3, 0.4) is 0 Å². The van der Waals surface area contributed by atoms with Crippen molar-refractivity contribution in [2.24, 2.45) is 0 Å². The molecule has 0 aliphatic carbocycles. The van der Waals surface area contributed by atoms with E-state index in [1.165, 1.54) is 6.07 Å². The number of nitrogens with zero attached hydrogens (tertiary/aromatic N) is 4. The van der Waals surface area contributed by atoms with Crippen molar-refractivity contribution in [3.8, 4) is 11.4 Å². The molecule has 184 valence electrons. The maximum atomic E-state index is 13.2. The highest BCUT2D eigenvalue weighted by Crippen LogP contribution is 2.33. The molecule has 8 heteroatoms. The molecule has 0 unspecified atom stereocenters. The Morgan fingerprint density at radius 1 is 0.971 bits per heavy atom. The summed E-state index contributed by atoms with van der Waals surface area (Å²) in [4.78, 5) is 26.0. The number of halogens is 3. The molecule has 0 N–H and O–H groups in total. The third kappa shape index (κ3) is 5.81. The topological polar surface area (TPSA) is 49.3 Å². The molecule has 1 fully saturated rings. The molecule has 3 aromatic rings. The Balaban J connectivity index is 1.49. The van der Waals surface area contributed by atoms with E-state index in [0.717, 1.165) is 34.8 Å². The predicted octanol–water partition coefficient (Wildman–Crippen LogP) is 5.31. The molecule has 1 aliphatic rings. The van der Waals surface area contributed by atoms with Crippen molar-refractivity contribution in [1.29, 1.82) is 0 Å². The number of carbonyl (C=O) groups excluding carboxylic acids is 1. The van der Waals surface area contributed by atoms with Crippen LogP contribution >= 0.6 is 0 Å². The standard InChI is InChI=1S/C27H29F3N4O/c1-3-23-19(2)31-25(21-10-7-11-22(18-21)27(28,29)30)32-26(23)34-16-14-33(15-17-34)24(35)13-12-20-8-5-4-6-9-20/h4-11,18H,3,12-17H2,1-2H3. The van der Waals surface area contributed by atoms with Crippen molar-refractivity contribution < 1.29 is 18.0 Å². The van der Waals surface area contributed by atoms with Crippen molar-refractivity contribution in [2.75, 3.05) is 31.1 Å². The average molecular weight is 483 g/mol. The van der Waals surface area contributed by atoms with Gasteiger partial charge in [-0.2, -0.15) is 13.2 Å². The van der Waals surface area contributed by atoms with E-state index in [2.05, 4.69) is 9.88 Å². The summed E-state index contributed by atoms with van der Waals surface area (Å²) >= 11 is 0. The molecule has 2 heterocycles. The number of aryl methyl sites for hydroxylation is 2. The summed E-state index contributed by atoms with van der Waals surface area (Å²) in [6.07, 6.45) is -2.54. The Bertz CT molecular complexity index is 1170. The van der Waals surface area contributed by atoms with Gasteiger partial charge in [-0.3, -0.25) is 4.79 Å². The molecule has 5 nitrogen and oxygen atoms in total. The summed E-state index contributed by atoms with van der Waals surface area (Å²) in [5.74, 6) is 1.15. The zero-order valence-corrected chi connectivity index (χ0v) is 20.0. The molecule has 0 atom stereocenters. The lowest BCUT2D eigenvalue weighted by molar-refractivity contribution is -0.137. The maximum absolute atomic E-state index is 13.2. The minimum atomic E-state index is -4.43. The van der Waals surface area contributed by atoms with Gasteiger partial charge in [0, 0.05) is 49.4 Å². The Morgan fingerprint density at radius 2 is 1.69 bits per heavy atom. The third-order valence-electron chi connectivity index (χ3n) is 6.40. The van der Waals surface area contributed by atoms with Crippen molar-refractivity contribution in [3.05, 3.63) is 77.0 Å². The number of rotatable bonds is 6. The first-order valence-corrected chi connectivity index (χ1v) is 11.9. The number of alkyl halides is 3. The molecule has 1 saturated heterocycles. The highest BCUT2D eigenvalue weighted by atomic mass is 19.4. The fraction of sp³-hybridized carbons (Fsp3) is 0.370. The summed E-state index contributed by atoms with van der Waals surface area (Å²) in [5.41, 5.74) is 2.49. The van der Waals surface area contributed by atoms with E-state index in [1.807, 2.05) is 49.1 Å². The molecule has 4 rings (SSSR count). The first-order valence-electron chi connectivity index (χ1n) is 11.9. The summed E-state index contributed by atoms with van der Waals surface area (Å²) in [7, 11) is 0. The lowest BCUT2D eigenvalue weighted by Crippen LogP contribution is -2.49. The summed E-state index contributed by atoms with van der Waals surface area (Å²) in [6.45, 7) is 6.27. The van der Waals surface area contributed by atoms with Crippen LogP contribution in [0.4, 0.5) is 19.0 Å². The number of amides is 1. The SMILES string of the molecule is CCc1c(C)nc(-c2cccc(C(F)(F)F)c2)nc1N1CCN(C(=O)CCc2ccccc2)CC1. The first-order chi connectivity index (χ1) is 16.8. The van der Waals surface area contributed by atoms with Crippen LogP contribution in [0.2, 0.25) is 0 Å². The van der Waals surface area contributed by atoms with Gasteiger partial charge in [0.15, 0.2) is 5.82 Å². The molecule has 0 spiro atoms. The van der Waals surface area contributed by atoms with Crippen LogP contribution < -0.4 is 4.90 Å². The molecule has 1 aliphatic heterocycles. The average Bonchev–Trinajstić information content (AvgIpc) is 2.87. The first kappa shape index (κ1) is 24.7. The van der Waals surface area contributed by atoms with Gasteiger partial charge in [-0.15, -0.1) is 0 Å². The molecular weight excluding hydrogens is 453 g/mol. The zero-order chi connectivity index (χ0) is 25.0. The van der Waals surface area contributed by atoms with E-state index >= 15 is 0 Å². The van der Waals surface area contributed by atoms with Gasteiger partial charge >= 0.3 is 6.18 Å². The summed E-state index contributed by atoms with van der Waals surface area (Å²) in [6, 6.07) is 15.1. The van der Waals surface area contributed by atoms with E-state index in [0.29, 0.717) is 51.0 Å². The molecule has 0 radical (unpaired) electrons. The molecule has 0 saturated carbocycles. The van der Waals surface area contributed by atoms with E-state index in [1.54, 1.807) is 6.07 Å². The van der Waals surface area contributed by atoms with E-state index in [4.69, 9.17) is 4.98 Å². The summed E-state index contributed by atoms with van der Waals surface area (Å²) in [5, 5.41) is 0. The van der Waals surface area contributed by atoms with Gasteiger partial charge < -0.3 is 9.80 Å². The molecule has 1 amide bonds. The lowest BCUT2D eigenvalue weighted by Gasteiger charge is -2.36. The van der Waals surface area contributed by atoms with E-state index in [9.17, 15) is 18.0 Å². The quantitative estimate of drug-likeness (QED) is 0.478. The molecular formula is C27H29F3N4O. The fourth-order valence-corrected chi connectivity index (χ4v) is 4.44. The molecule has 1 aromatic heterocycles. The van der Waals surface area contributed by atoms with Crippen molar-refractivity contribution >= 4 is 11.7 Å². The van der Waals surface area contributed by atoms with Crippen LogP contribution in [0.5, 0.6) is 0 Å². The monoisotopic (exact) mass is 482 g/mol. The van der Waals surface area contributed by atoms with Gasteiger partial charge in [0.05, 0.1) is 5.56 Å². The van der Waals surface area contributed by atoms with Crippen LogP contribution in [0.1, 0.15) is 35.7 Å². The normalized spacial score (nSPS) is 14.3. The number of hydrogen-bond acceptors (Lipinski definition) is 4. The van der Waals surface area contributed by atoms with Crippen molar-refractivity contribution in [1.82, 2.24) is 14.9 Å². The zero-order valence-electron chi connectivity index (χ0n) is 20.0. The van der Waals surface area contributed by atoms with Gasteiger partial charge in [-0.1, -0.05) is 49.4 Å². The van der Waals surface area contributed by atoms with Crippen molar-refractivity contribution in [2.45, 2.75) is 39.3 Å². The van der Waals surface area contributed by atoms with Crippen molar-refractivity contribution in [3.63, 3.8) is 0 Å². The Kier molecular flexibility index (Phi) is 7.38. The molecule has 35 heavy (non-hydrogen) atoms. The number of carbonyl (C=O) groups is 1. The van der Waals surface area contributed by atoms with Gasteiger partial charge in [0.1, 0.15) is 5.82 Å². The summed E-state index contributed by atoms with van der Waals surface area (Å²) < 4.78 is 39.7. The second kappa shape index (κ2) is 10.5. The van der Waals surface area contributed by atoms with Crippen LogP contribution in [-0.4, -0.2) is 47.0 Å². The minimum absolute atomic E-state index is 0.132. The molecule has 2 aromatic carbocycles. The van der Waals surface area contributed by atoms with Gasteiger partial charge in [-0.25, -0.2) is 9.97 Å². The third-order valence-corrected chi connectivity index (χ3v) is 6.40. The van der Waals surface area contributed by atoms with E-state index < -0.39 is 11.7 Å². The largest absolute Gasteiger partial charge is 0.416 e. The van der Waals surface area contributed by atoms with Crippen LogP contribution in [-0.2, 0) is 23.8 Å². The Morgan fingerprint density at radius 3 is 2.34 bits per heavy atom. The number of hydrogen-bond donors (Lipinski definition) is 0. The van der Waals surface area contributed by atoms with E-state index in [-0.39, 0.29) is 11.7 Å². The maximum Gasteiger partial charge on any atom is 0.416 e. The van der Waals surface area contributed by atoms with Crippen LogP contribution in [0.15, 0.2) is 54.6 Å². The number of piperazine rings is 1. The van der Waals surface area contributed by atoms with Gasteiger partial charge in [0.2, 0.25) is 5.91 Å². The highest BCUT2D eigenvalue weighted by molar-refractivity contribution is 5.77. The highest BCUT2D eigenvalue weighted by Gasteiger charge is 2.31. The van der Waals surface area contributed by atoms with Crippen LogP contribution in [0.25, 0.3) is 11.4 Å². The smallest absolute Gasteiger partial charge is 0.353 e. The Hall–Kier alpha value is -3.42. The molecule has 0 bridgehead atoms. The lowest BCUT2D eigenvalue weighted by atomic mass is 10.1. The Labute approximate surface area is 203 Å². The van der Waals surface area contributed by atoms with Gasteiger partial charge in [0.25, 0.3) is 0 Å². The van der Waals surface area contributed by atoms with Crippen LogP contribution in [0, 0.1) is 6.92 Å². The van der Waals surface area contributed by atoms with Gasteiger partial charge in [-0.05, 0) is 37.5 Å². The number of aromatic nitrogens is 2. The second-order valence-electron chi connectivity index (χ2n) is 8.72. The fourth-order valence-electron chi connectivity index (χ4n) is 4.44. The second-order valence-corrected chi connectivity index (χ2v) is 8.72. The minimum Gasteiger partial charge on any atom is -0.353 e. The number of benzene rings is 2. The predicted molar refractivity (Wildman–Crippen MR) is 130 cm³/mol.